The third-order valence-electron chi connectivity index (χ3n) is 5.14. The number of rotatable bonds is 6. The number of ether oxygens (including phenoxy) is 1. The average Bonchev–Trinajstić information content (AvgIpc) is 3.07. The molecule has 2 heterocycles. The molecular formula is C23H24N4O3. The first-order valence-electron chi connectivity index (χ1n) is 9.98. The molecule has 1 unspecified atom stereocenters. The van der Waals surface area contributed by atoms with Gasteiger partial charge in [0.05, 0.1) is 12.1 Å². The lowest BCUT2D eigenvalue weighted by Gasteiger charge is -2.18. The van der Waals surface area contributed by atoms with Crippen molar-refractivity contribution in [3.8, 4) is 5.75 Å². The second-order valence-corrected chi connectivity index (χ2v) is 7.20. The van der Waals surface area contributed by atoms with Gasteiger partial charge in [-0.2, -0.15) is 4.98 Å². The molecule has 0 spiro atoms. The first kappa shape index (κ1) is 19.7. The van der Waals surface area contributed by atoms with E-state index in [4.69, 9.17) is 4.74 Å². The van der Waals surface area contributed by atoms with Gasteiger partial charge in [0.1, 0.15) is 11.8 Å². The number of fused-ring (bicyclic) bond motifs is 3. The van der Waals surface area contributed by atoms with E-state index in [9.17, 15) is 9.59 Å². The van der Waals surface area contributed by atoms with Crippen molar-refractivity contribution in [3.63, 3.8) is 0 Å². The molecule has 2 aromatic heterocycles. The number of nitrogens with one attached hydrogen (secondary N) is 1. The van der Waals surface area contributed by atoms with Crippen LogP contribution in [0.4, 0.5) is 0 Å². The lowest BCUT2D eigenvalue weighted by Crippen LogP contribution is -2.32. The first-order valence-corrected chi connectivity index (χ1v) is 9.98. The number of aryl methyl sites for hydroxylation is 1. The zero-order chi connectivity index (χ0) is 21.3. The van der Waals surface area contributed by atoms with Crippen LogP contribution in [-0.4, -0.2) is 26.7 Å². The van der Waals surface area contributed by atoms with Crippen LogP contribution in [0.3, 0.4) is 0 Å². The van der Waals surface area contributed by atoms with Crippen molar-refractivity contribution in [2.45, 2.75) is 33.4 Å². The van der Waals surface area contributed by atoms with Gasteiger partial charge in [-0.15, -0.1) is 0 Å². The van der Waals surface area contributed by atoms with Crippen molar-refractivity contribution >= 4 is 22.5 Å². The standard InChI is InChI=1S/C23H24N4O3/c1-4-30-18-11-9-17(10-12-18)14-24-23(29)16(3)27-20-8-6-5-7-19(20)22-25-21(28)13-15(2)26(22)27/h5-13,16H,4,14H2,1-3H3,(H,24,29). The van der Waals surface area contributed by atoms with Crippen molar-refractivity contribution in [1.82, 2.24) is 19.5 Å². The third-order valence-corrected chi connectivity index (χ3v) is 5.14. The second-order valence-electron chi connectivity index (χ2n) is 7.20. The van der Waals surface area contributed by atoms with E-state index in [1.54, 1.807) is 0 Å². The van der Waals surface area contributed by atoms with Gasteiger partial charge in [-0.3, -0.25) is 14.3 Å². The fraction of sp³-hybridized carbons (Fsp3) is 0.261. The Labute approximate surface area is 173 Å². The number of hydrogen-bond donors (Lipinski definition) is 1. The fourth-order valence-electron chi connectivity index (χ4n) is 3.71. The Morgan fingerprint density at radius 2 is 1.90 bits per heavy atom. The van der Waals surface area contributed by atoms with Gasteiger partial charge in [-0.05, 0) is 50.6 Å². The van der Waals surface area contributed by atoms with Crippen LogP contribution in [0.25, 0.3) is 16.6 Å². The van der Waals surface area contributed by atoms with Crippen LogP contribution in [0.2, 0.25) is 0 Å². The van der Waals surface area contributed by atoms with Crippen LogP contribution in [0.1, 0.15) is 31.1 Å². The van der Waals surface area contributed by atoms with E-state index in [1.165, 1.54) is 6.07 Å². The summed E-state index contributed by atoms with van der Waals surface area (Å²) in [7, 11) is 0. The molecule has 0 radical (unpaired) electrons. The van der Waals surface area contributed by atoms with E-state index in [-0.39, 0.29) is 11.5 Å². The van der Waals surface area contributed by atoms with E-state index < -0.39 is 6.04 Å². The van der Waals surface area contributed by atoms with Gasteiger partial charge in [-0.25, -0.2) is 4.52 Å². The summed E-state index contributed by atoms with van der Waals surface area (Å²) >= 11 is 0. The van der Waals surface area contributed by atoms with Crippen molar-refractivity contribution in [1.29, 1.82) is 0 Å². The molecule has 7 heteroatoms. The summed E-state index contributed by atoms with van der Waals surface area (Å²) in [5.74, 6) is 0.688. The summed E-state index contributed by atoms with van der Waals surface area (Å²) in [6, 6.07) is 16.3. The minimum absolute atomic E-state index is 0.121. The van der Waals surface area contributed by atoms with E-state index in [2.05, 4.69) is 10.3 Å². The van der Waals surface area contributed by atoms with Gasteiger partial charge >= 0.3 is 0 Å². The van der Waals surface area contributed by atoms with Crippen LogP contribution in [0.15, 0.2) is 59.4 Å². The molecule has 2 aromatic carbocycles. The molecule has 1 N–H and O–H groups in total. The minimum atomic E-state index is -0.502. The average molecular weight is 404 g/mol. The third kappa shape index (κ3) is 3.54. The minimum Gasteiger partial charge on any atom is -0.494 e. The van der Waals surface area contributed by atoms with Gasteiger partial charge in [-0.1, -0.05) is 24.3 Å². The lowest BCUT2D eigenvalue weighted by atomic mass is 10.2. The van der Waals surface area contributed by atoms with Gasteiger partial charge in [0.15, 0.2) is 5.65 Å². The highest BCUT2D eigenvalue weighted by Crippen LogP contribution is 2.25. The molecule has 7 nitrogen and oxygen atoms in total. The van der Waals surface area contributed by atoms with E-state index >= 15 is 0 Å². The largest absolute Gasteiger partial charge is 0.494 e. The van der Waals surface area contributed by atoms with Gasteiger partial charge in [0.2, 0.25) is 5.91 Å². The molecule has 1 amide bonds. The van der Waals surface area contributed by atoms with E-state index in [1.807, 2.05) is 78.5 Å². The number of carbonyl (C=O) groups is 1. The maximum absolute atomic E-state index is 13.0. The van der Waals surface area contributed by atoms with Crippen LogP contribution >= 0.6 is 0 Å². The molecule has 0 saturated heterocycles. The summed E-state index contributed by atoms with van der Waals surface area (Å²) in [6.07, 6.45) is 0. The predicted octanol–water partition coefficient (Wildman–Crippen LogP) is 3.23. The van der Waals surface area contributed by atoms with Crippen molar-refractivity contribution in [3.05, 3.63) is 76.2 Å². The van der Waals surface area contributed by atoms with Crippen molar-refractivity contribution < 1.29 is 9.53 Å². The zero-order valence-electron chi connectivity index (χ0n) is 17.3. The second kappa shape index (κ2) is 8.02. The highest BCUT2D eigenvalue weighted by molar-refractivity contribution is 5.94. The van der Waals surface area contributed by atoms with Crippen LogP contribution in [-0.2, 0) is 11.3 Å². The summed E-state index contributed by atoms with van der Waals surface area (Å²) in [6.45, 7) is 6.66. The Kier molecular flexibility index (Phi) is 5.27. The Morgan fingerprint density at radius 3 is 2.63 bits per heavy atom. The highest BCUT2D eigenvalue weighted by atomic mass is 16.5. The zero-order valence-corrected chi connectivity index (χ0v) is 17.3. The molecule has 0 aliphatic rings. The quantitative estimate of drug-likeness (QED) is 0.535. The maximum atomic E-state index is 13.0. The van der Waals surface area contributed by atoms with Crippen LogP contribution < -0.4 is 15.6 Å². The molecule has 0 fully saturated rings. The predicted molar refractivity (Wildman–Crippen MR) is 116 cm³/mol. The van der Waals surface area contributed by atoms with E-state index in [0.717, 1.165) is 27.9 Å². The summed E-state index contributed by atoms with van der Waals surface area (Å²) in [5.41, 5.74) is 2.84. The van der Waals surface area contributed by atoms with Gasteiger partial charge < -0.3 is 10.1 Å². The summed E-state index contributed by atoms with van der Waals surface area (Å²) < 4.78 is 9.18. The molecule has 0 aliphatic carbocycles. The molecule has 154 valence electrons. The number of para-hydroxylation sites is 1. The Hall–Kier alpha value is -3.61. The summed E-state index contributed by atoms with van der Waals surface area (Å²) in [5, 5.41) is 3.84. The molecule has 1 atom stereocenters. The van der Waals surface area contributed by atoms with Crippen LogP contribution in [0, 0.1) is 6.92 Å². The number of benzene rings is 2. The smallest absolute Gasteiger partial charge is 0.273 e. The monoisotopic (exact) mass is 404 g/mol. The Bertz CT molecular complexity index is 1270. The molecule has 0 aliphatic heterocycles. The first-order chi connectivity index (χ1) is 14.5. The Balaban J connectivity index is 1.64. The lowest BCUT2D eigenvalue weighted by molar-refractivity contribution is -0.124. The van der Waals surface area contributed by atoms with Crippen molar-refractivity contribution in [2.24, 2.45) is 0 Å². The number of carbonyl (C=O) groups excluding carboxylic acids is 1. The topological polar surface area (TPSA) is 77.6 Å². The number of hydrogen-bond acceptors (Lipinski definition) is 4. The number of amides is 1. The number of aromatic nitrogens is 3. The van der Waals surface area contributed by atoms with E-state index in [0.29, 0.717) is 18.8 Å². The molecule has 4 aromatic rings. The molecule has 30 heavy (non-hydrogen) atoms. The highest BCUT2D eigenvalue weighted by Gasteiger charge is 2.22. The number of nitrogens with zero attached hydrogens (tertiary/aromatic N) is 3. The SMILES string of the molecule is CCOc1ccc(CNC(=O)C(C)n2c3ccccc3c3nc(=O)cc(C)n32)cc1. The molecule has 4 rings (SSSR count). The van der Waals surface area contributed by atoms with Crippen LogP contribution in [0.5, 0.6) is 5.75 Å². The van der Waals surface area contributed by atoms with Gasteiger partial charge in [0, 0.05) is 23.7 Å². The molecule has 0 bridgehead atoms. The van der Waals surface area contributed by atoms with Gasteiger partial charge in [0.25, 0.3) is 5.56 Å². The normalized spacial score (nSPS) is 12.2. The summed E-state index contributed by atoms with van der Waals surface area (Å²) in [4.78, 5) is 29.1. The fourth-order valence-corrected chi connectivity index (χ4v) is 3.71. The molecule has 0 saturated carbocycles. The Morgan fingerprint density at radius 1 is 1.17 bits per heavy atom. The molecular weight excluding hydrogens is 380 g/mol. The van der Waals surface area contributed by atoms with Crippen molar-refractivity contribution in [2.75, 3.05) is 6.61 Å². The maximum Gasteiger partial charge on any atom is 0.273 e.